The molecule has 2 aliphatic carbocycles. The first kappa shape index (κ1) is 57.6. The molecule has 16 nitrogen and oxygen atoms in total. The van der Waals surface area contributed by atoms with Crippen LogP contribution in [0.2, 0.25) is 15.7 Å². The summed E-state index contributed by atoms with van der Waals surface area (Å²) in [6.45, 7) is 11.5. The second-order valence-electron chi connectivity index (χ2n) is 16.0. The molecule has 1 aliphatic heterocycles. The molecule has 5 heterocycles. The maximum atomic E-state index is 10.6. The van der Waals surface area contributed by atoms with Crippen molar-refractivity contribution in [2.24, 2.45) is 23.5 Å². The van der Waals surface area contributed by atoms with Crippen molar-refractivity contribution in [3.8, 4) is 11.6 Å². The van der Waals surface area contributed by atoms with E-state index in [0.29, 0.717) is 60.8 Å². The number of anilines is 1. The molecular weight excluding hydrogens is 915 g/mol. The Hall–Kier alpha value is -3.55. The summed E-state index contributed by atoms with van der Waals surface area (Å²) in [7, 11) is 3.85. The van der Waals surface area contributed by atoms with Crippen LogP contribution in [0.5, 0.6) is 11.6 Å². The van der Waals surface area contributed by atoms with E-state index in [-0.39, 0.29) is 10.6 Å². The lowest BCUT2D eigenvalue weighted by Crippen LogP contribution is -2.18. The number of pyridine rings is 1. The molecule has 65 heavy (non-hydrogen) atoms. The quantitative estimate of drug-likeness (QED) is 0.0694. The zero-order valence-corrected chi connectivity index (χ0v) is 42.7. The van der Waals surface area contributed by atoms with Crippen LogP contribution in [0, 0.1) is 38.5 Å². The fourth-order valence-corrected chi connectivity index (χ4v) is 8.25. The first-order chi connectivity index (χ1) is 31.0. The lowest BCUT2D eigenvalue weighted by Gasteiger charge is -2.15. The molecule has 20 heteroatoms. The van der Waals surface area contributed by atoms with Gasteiger partial charge in [0.1, 0.15) is 16.8 Å². The molecule has 1 saturated heterocycles. The molecule has 3 fully saturated rings. The van der Waals surface area contributed by atoms with Crippen molar-refractivity contribution < 1.29 is 27.2 Å². The minimum atomic E-state index is -3.21. The van der Waals surface area contributed by atoms with Crippen LogP contribution in [0.15, 0.2) is 30.5 Å². The number of rotatable bonds is 12. The summed E-state index contributed by atoms with van der Waals surface area (Å²) in [4.78, 5) is 31.2. The van der Waals surface area contributed by atoms with Gasteiger partial charge in [0.25, 0.3) is 16.0 Å². The summed E-state index contributed by atoms with van der Waals surface area (Å²) in [5, 5.41) is 12.3. The number of halogens is 3. The zero-order chi connectivity index (χ0) is 48.4. The zero-order valence-electron chi connectivity index (χ0n) is 39.6. The van der Waals surface area contributed by atoms with E-state index >= 15 is 0 Å². The highest BCUT2D eigenvalue weighted by atomic mass is 35.5. The van der Waals surface area contributed by atoms with Crippen LogP contribution >= 0.6 is 34.8 Å². The number of aliphatic hydroxyl groups excluding tert-OH is 1. The molecular formula is C45H71Cl3N10O6S. The van der Waals surface area contributed by atoms with Gasteiger partial charge in [-0.2, -0.15) is 8.42 Å². The lowest BCUT2D eigenvalue weighted by molar-refractivity contribution is 0.230. The molecule has 0 amide bonds. The van der Waals surface area contributed by atoms with Gasteiger partial charge in [0, 0.05) is 67.6 Å². The van der Waals surface area contributed by atoms with E-state index in [0.717, 1.165) is 78.6 Å². The SMILES string of the molecule is CCc1cc(C)nc(Cc2cnc(OC)c(OC[C@@H]3CCN(C)C3)c2)n1.CN.CNc1cc(C)nc(Cl)n1.CS(=O)(=O)OCC1CCCC1.Cc1cc(Cl)nc(Cl)n1.OCC1CCCC1. The molecule has 4 aromatic rings. The maximum absolute atomic E-state index is 10.6. The first-order valence-corrected chi connectivity index (χ1v) is 25.0. The molecule has 0 bridgehead atoms. The van der Waals surface area contributed by atoms with Crippen molar-refractivity contribution in [1.82, 2.24) is 39.8 Å². The Bertz CT molecular complexity index is 2010. The van der Waals surface area contributed by atoms with Gasteiger partial charge in [-0.3, -0.25) is 4.18 Å². The number of aromatic nitrogens is 7. The van der Waals surface area contributed by atoms with Crippen LogP contribution in [0.25, 0.3) is 0 Å². The molecule has 0 radical (unpaired) electrons. The number of likely N-dealkylation sites (tertiary alicyclic amines) is 1. The molecule has 3 aliphatic rings. The minimum Gasteiger partial charge on any atom is -0.488 e. The average molecular weight is 987 g/mol. The van der Waals surface area contributed by atoms with Crippen LogP contribution in [0.4, 0.5) is 5.82 Å². The van der Waals surface area contributed by atoms with Crippen molar-refractivity contribution in [3.63, 3.8) is 0 Å². The molecule has 1 atom stereocenters. The van der Waals surface area contributed by atoms with Crippen molar-refractivity contribution >= 4 is 50.7 Å². The first-order valence-electron chi connectivity index (χ1n) is 22.0. The Morgan fingerprint density at radius 2 is 1.42 bits per heavy atom. The van der Waals surface area contributed by atoms with Crippen LogP contribution in [0.1, 0.15) is 98.9 Å². The third kappa shape index (κ3) is 24.7. The number of nitrogens with one attached hydrogen (secondary N) is 1. The number of nitrogens with zero attached hydrogens (tertiary/aromatic N) is 8. The Kier molecular flexibility index (Phi) is 27.8. The highest BCUT2D eigenvalue weighted by Crippen LogP contribution is 2.28. The summed E-state index contributed by atoms with van der Waals surface area (Å²) < 4.78 is 37.2. The Labute approximate surface area is 402 Å². The number of aryl methyl sites for hydroxylation is 4. The van der Waals surface area contributed by atoms with E-state index in [9.17, 15) is 8.42 Å². The van der Waals surface area contributed by atoms with Crippen LogP contribution < -0.4 is 20.5 Å². The second kappa shape index (κ2) is 31.4. The van der Waals surface area contributed by atoms with E-state index in [1.807, 2.05) is 38.2 Å². The van der Waals surface area contributed by atoms with E-state index < -0.39 is 10.1 Å². The number of nitrogens with two attached hydrogens (primary N) is 1. The van der Waals surface area contributed by atoms with E-state index in [1.165, 1.54) is 52.0 Å². The summed E-state index contributed by atoms with van der Waals surface area (Å²) >= 11 is 16.5. The van der Waals surface area contributed by atoms with Gasteiger partial charge in [-0.15, -0.1) is 0 Å². The largest absolute Gasteiger partial charge is 0.488 e. The number of hydrogen-bond acceptors (Lipinski definition) is 16. The van der Waals surface area contributed by atoms with Crippen molar-refractivity contribution in [2.45, 2.75) is 98.3 Å². The molecule has 4 aromatic heterocycles. The Morgan fingerprint density at radius 1 is 0.815 bits per heavy atom. The summed E-state index contributed by atoms with van der Waals surface area (Å²) in [5.41, 5.74) is 9.23. The standard InChI is InChI=1S/C20H28N4O2.C7H14O3S.C6H8ClN3.C6H12O.C5H4Cl2N2.CH5N/c1-5-17-8-14(2)22-19(23-17)10-16-9-18(20(25-4)21-11-16)26-13-15-6-7-24(3)12-15;1-11(8,9)10-6-7-4-2-3-5-7;1-4-3-5(8-2)10-6(7)9-4;7-5-6-3-1-2-4-6;1-3-2-4(6)9-5(7)8-3;1-2/h8-9,11,15H,5-7,10,12-13H2,1-4H3;7H,2-6H2,1H3;3H,1-2H3,(H,8,9,10);6-7H,1-5H2;2H,1H3;2H2,1H3/t15-;;;;;/m1...../s1. The third-order valence-electron chi connectivity index (χ3n) is 10.3. The van der Waals surface area contributed by atoms with Crippen LogP contribution in [0.3, 0.4) is 0 Å². The lowest BCUT2D eigenvalue weighted by atomic mass is 10.1. The monoisotopic (exact) mass is 984 g/mol. The molecule has 2 saturated carbocycles. The molecule has 364 valence electrons. The molecule has 7 rings (SSSR count). The number of ether oxygens (including phenoxy) is 2. The maximum Gasteiger partial charge on any atom is 0.264 e. The van der Waals surface area contributed by atoms with Gasteiger partial charge in [0.2, 0.25) is 10.6 Å². The molecule has 0 aromatic carbocycles. The van der Waals surface area contributed by atoms with Gasteiger partial charge >= 0.3 is 0 Å². The topological polar surface area (TPSA) is 214 Å². The minimum absolute atomic E-state index is 0.194. The third-order valence-corrected chi connectivity index (χ3v) is 11.4. The highest BCUT2D eigenvalue weighted by Gasteiger charge is 2.21. The molecule has 0 unspecified atom stereocenters. The predicted molar refractivity (Wildman–Crippen MR) is 261 cm³/mol. The fraction of sp³-hybridized carbons (Fsp3) is 0.622. The van der Waals surface area contributed by atoms with E-state index in [4.69, 9.17) is 49.4 Å². The second-order valence-corrected chi connectivity index (χ2v) is 18.7. The fourth-order valence-electron chi connectivity index (χ4n) is 7.08. The van der Waals surface area contributed by atoms with Gasteiger partial charge in [-0.1, -0.05) is 44.2 Å². The van der Waals surface area contributed by atoms with Gasteiger partial charge in [0.05, 0.1) is 26.6 Å². The number of hydrogen-bond donors (Lipinski definition) is 3. The summed E-state index contributed by atoms with van der Waals surface area (Å²) in [6.07, 6.45) is 15.5. The van der Waals surface area contributed by atoms with Gasteiger partial charge in [-0.25, -0.2) is 34.9 Å². The van der Waals surface area contributed by atoms with Gasteiger partial charge < -0.3 is 30.5 Å². The van der Waals surface area contributed by atoms with Crippen LogP contribution in [-0.2, 0) is 27.1 Å². The molecule has 0 spiro atoms. The van der Waals surface area contributed by atoms with Gasteiger partial charge in [-0.05, 0) is 139 Å². The average Bonchev–Trinajstić information content (AvgIpc) is 4.07. The van der Waals surface area contributed by atoms with E-state index in [1.54, 1.807) is 27.1 Å². The highest BCUT2D eigenvalue weighted by molar-refractivity contribution is 7.85. The number of methoxy groups -OCH3 is 1. The van der Waals surface area contributed by atoms with Crippen molar-refractivity contribution in [2.75, 3.05) is 72.7 Å². The Morgan fingerprint density at radius 3 is 1.91 bits per heavy atom. The predicted octanol–water partition coefficient (Wildman–Crippen LogP) is 8.14. The van der Waals surface area contributed by atoms with E-state index in [2.05, 4.69) is 69.0 Å². The van der Waals surface area contributed by atoms with Crippen molar-refractivity contribution in [3.05, 3.63) is 80.3 Å². The van der Waals surface area contributed by atoms with Crippen molar-refractivity contribution in [1.29, 1.82) is 0 Å². The normalized spacial score (nSPS) is 15.9. The molecule has 4 N–H and O–H groups in total. The smallest absolute Gasteiger partial charge is 0.264 e. The Balaban J connectivity index is 0.000000308. The van der Waals surface area contributed by atoms with Gasteiger partial charge in [0.15, 0.2) is 5.75 Å². The van der Waals surface area contributed by atoms with Crippen LogP contribution in [-0.4, -0.2) is 121 Å². The summed E-state index contributed by atoms with van der Waals surface area (Å²) in [6, 6.07) is 7.50. The number of aliphatic hydroxyl groups is 1. The summed E-state index contributed by atoms with van der Waals surface area (Å²) in [5.74, 6) is 4.47.